The van der Waals surface area contributed by atoms with Crippen molar-refractivity contribution < 1.29 is 4.79 Å². The fourth-order valence-corrected chi connectivity index (χ4v) is 4.92. The maximum Gasteiger partial charge on any atom is 0.252 e. The fourth-order valence-electron chi connectivity index (χ4n) is 4.92. The Morgan fingerprint density at radius 3 is 2.08 bits per heavy atom. The summed E-state index contributed by atoms with van der Waals surface area (Å²) in [5, 5.41) is 10.4. The Hall–Kier alpha value is -2.75. The predicted octanol–water partition coefficient (Wildman–Crippen LogP) is 2.94. The number of fused-ring (bicyclic) bond motifs is 10. The van der Waals surface area contributed by atoms with Crippen LogP contribution in [-0.4, -0.2) is 18.0 Å². The molecular formula is C20H17N3O. The molecule has 118 valence electrons. The molecule has 4 heteroatoms. The van der Waals surface area contributed by atoms with E-state index in [0.29, 0.717) is 12.5 Å². The van der Waals surface area contributed by atoms with Gasteiger partial charge in [0, 0.05) is 18.4 Å². The molecule has 0 bridgehead atoms. The molecule has 1 aromatic carbocycles. The first kappa shape index (κ1) is 12.6. The van der Waals surface area contributed by atoms with Crippen molar-refractivity contribution in [3.05, 3.63) is 70.9 Å². The van der Waals surface area contributed by atoms with Gasteiger partial charge in [-0.25, -0.2) is 0 Å². The van der Waals surface area contributed by atoms with Crippen LogP contribution >= 0.6 is 0 Å². The van der Waals surface area contributed by atoms with Gasteiger partial charge < -0.3 is 16.0 Å². The number of hydrogen-bond acceptors (Lipinski definition) is 3. The lowest BCUT2D eigenvalue weighted by Gasteiger charge is -2.18. The molecule has 2 aliphatic carbocycles. The zero-order valence-corrected chi connectivity index (χ0v) is 13.0. The van der Waals surface area contributed by atoms with Crippen LogP contribution in [-0.2, 0) is 6.54 Å². The topological polar surface area (TPSA) is 53.2 Å². The van der Waals surface area contributed by atoms with E-state index in [1.165, 1.54) is 22.4 Å². The summed E-state index contributed by atoms with van der Waals surface area (Å²) in [6.45, 7) is 0.642. The minimum atomic E-state index is 0.0771. The van der Waals surface area contributed by atoms with Crippen molar-refractivity contribution in [2.75, 3.05) is 10.6 Å². The molecule has 3 aliphatic heterocycles. The molecule has 0 spiro atoms. The number of allylic oxidation sites excluding steroid dienone is 4. The summed E-state index contributed by atoms with van der Waals surface area (Å²) < 4.78 is 0. The van der Waals surface area contributed by atoms with Gasteiger partial charge in [0.25, 0.3) is 5.91 Å². The van der Waals surface area contributed by atoms with Gasteiger partial charge in [0.15, 0.2) is 0 Å². The maximum atomic E-state index is 12.6. The number of carbonyl (C=O) groups is 1. The fraction of sp³-hybridized carbons (Fsp3) is 0.250. The van der Waals surface area contributed by atoms with Crippen LogP contribution in [0.1, 0.15) is 38.9 Å². The number of anilines is 2. The molecule has 3 N–H and O–H groups in total. The summed E-state index contributed by atoms with van der Waals surface area (Å²) in [6.07, 6.45) is 17.3. The highest BCUT2D eigenvalue weighted by Gasteiger charge is 2.45. The Labute approximate surface area is 140 Å². The third-order valence-electron chi connectivity index (χ3n) is 5.90. The van der Waals surface area contributed by atoms with Gasteiger partial charge in [-0.2, -0.15) is 0 Å². The summed E-state index contributed by atoms with van der Waals surface area (Å²) >= 11 is 0. The van der Waals surface area contributed by atoms with Crippen LogP contribution in [0.3, 0.4) is 0 Å². The molecule has 0 radical (unpaired) electrons. The minimum Gasteiger partial charge on any atom is -0.376 e. The van der Waals surface area contributed by atoms with E-state index in [1.54, 1.807) is 0 Å². The van der Waals surface area contributed by atoms with Crippen molar-refractivity contribution in [1.29, 1.82) is 0 Å². The first-order chi connectivity index (χ1) is 11.8. The Morgan fingerprint density at radius 2 is 1.38 bits per heavy atom. The van der Waals surface area contributed by atoms with E-state index in [-0.39, 0.29) is 23.9 Å². The summed E-state index contributed by atoms with van der Waals surface area (Å²) in [4.78, 5) is 12.6. The normalized spacial score (nSPS) is 32.4. The van der Waals surface area contributed by atoms with Gasteiger partial charge in [-0.1, -0.05) is 48.6 Å². The average molecular weight is 315 g/mol. The minimum absolute atomic E-state index is 0.0771. The molecule has 4 atom stereocenters. The molecule has 24 heavy (non-hydrogen) atoms. The van der Waals surface area contributed by atoms with Gasteiger partial charge in [-0.3, -0.25) is 4.79 Å². The number of benzene rings is 1. The zero-order valence-electron chi connectivity index (χ0n) is 13.0. The largest absolute Gasteiger partial charge is 0.376 e. The van der Waals surface area contributed by atoms with Crippen LogP contribution in [0.4, 0.5) is 11.4 Å². The van der Waals surface area contributed by atoms with Gasteiger partial charge in [0.1, 0.15) is 0 Å². The number of rotatable bonds is 0. The molecular weight excluding hydrogens is 298 g/mol. The predicted molar refractivity (Wildman–Crippen MR) is 94.5 cm³/mol. The molecule has 0 fully saturated rings. The van der Waals surface area contributed by atoms with Gasteiger partial charge in [-0.05, 0) is 16.7 Å². The monoisotopic (exact) mass is 315 g/mol. The van der Waals surface area contributed by atoms with Crippen LogP contribution in [0.2, 0.25) is 0 Å². The molecule has 4 nitrogen and oxygen atoms in total. The van der Waals surface area contributed by atoms with Crippen LogP contribution in [0, 0.1) is 0 Å². The molecule has 3 heterocycles. The molecule has 0 aromatic heterocycles. The quantitative estimate of drug-likeness (QED) is 0.690. The summed E-state index contributed by atoms with van der Waals surface area (Å²) in [6, 6.07) is 0.524. The lowest BCUT2D eigenvalue weighted by atomic mass is 9.82. The summed E-state index contributed by atoms with van der Waals surface area (Å²) in [5.74, 6) is 0.629. The van der Waals surface area contributed by atoms with E-state index < -0.39 is 0 Å². The first-order valence-electron chi connectivity index (χ1n) is 8.57. The second kappa shape index (κ2) is 4.20. The van der Waals surface area contributed by atoms with Crippen LogP contribution in [0.5, 0.6) is 0 Å². The third-order valence-corrected chi connectivity index (χ3v) is 5.90. The van der Waals surface area contributed by atoms with Gasteiger partial charge in [-0.15, -0.1) is 0 Å². The highest BCUT2D eigenvalue weighted by molar-refractivity contribution is 6.06. The maximum absolute atomic E-state index is 12.6. The lowest BCUT2D eigenvalue weighted by molar-refractivity contribution is 0.0965. The van der Waals surface area contributed by atoms with E-state index in [4.69, 9.17) is 0 Å². The molecule has 0 saturated carbocycles. The molecule has 1 aromatic rings. The van der Waals surface area contributed by atoms with E-state index in [2.05, 4.69) is 64.6 Å². The van der Waals surface area contributed by atoms with Crippen LogP contribution in [0.15, 0.2) is 48.6 Å². The van der Waals surface area contributed by atoms with Crippen molar-refractivity contribution in [2.45, 2.75) is 30.5 Å². The van der Waals surface area contributed by atoms with Crippen LogP contribution in [0.25, 0.3) is 0 Å². The van der Waals surface area contributed by atoms with Crippen LogP contribution < -0.4 is 16.0 Å². The number of hydrogen-bond donors (Lipinski definition) is 3. The van der Waals surface area contributed by atoms with Gasteiger partial charge in [0.05, 0.1) is 29.0 Å². The smallest absolute Gasteiger partial charge is 0.252 e. The second-order valence-electron chi connectivity index (χ2n) is 7.04. The van der Waals surface area contributed by atoms with Crippen molar-refractivity contribution in [1.82, 2.24) is 5.32 Å². The van der Waals surface area contributed by atoms with Gasteiger partial charge >= 0.3 is 0 Å². The number of nitrogens with one attached hydrogen (secondary N) is 3. The molecule has 0 saturated heterocycles. The molecule has 4 unspecified atom stereocenters. The Kier molecular flexibility index (Phi) is 2.21. The Morgan fingerprint density at radius 1 is 0.792 bits per heavy atom. The van der Waals surface area contributed by atoms with E-state index >= 15 is 0 Å². The molecule has 6 rings (SSSR count). The first-order valence-corrected chi connectivity index (χ1v) is 8.57. The van der Waals surface area contributed by atoms with Crippen molar-refractivity contribution >= 4 is 17.3 Å². The van der Waals surface area contributed by atoms with Crippen molar-refractivity contribution in [3.63, 3.8) is 0 Å². The van der Waals surface area contributed by atoms with Crippen molar-refractivity contribution in [2.24, 2.45) is 0 Å². The standard InChI is InChI=1S/C20H17N3O/c24-20-17-12(9-21-20)15-10-5-1-3-7-13(10)22-18(15)19-16(17)11-6-2-4-8-14(11)23-19/h1-8,10-11,13-14,22-23H,9H2,(H,21,24). The second-order valence-corrected chi connectivity index (χ2v) is 7.04. The molecule has 5 aliphatic rings. The Balaban J connectivity index is 1.67. The zero-order chi connectivity index (χ0) is 15.8. The number of carbonyl (C=O) groups excluding carboxylic acids is 1. The highest BCUT2D eigenvalue weighted by Crippen LogP contribution is 2.54. The van der Waals surface area contributed by atoms with E-state index in [1.807, 2.05) is 0 Å². The van der Waals surface area contributed by atoms with Crippen molar-refractivity contribution in [3.8, 4) is 0 Å². The molecule has 1 amide bonds. The van der Waals surface area contributed by atoms with E-state index in [0.717, 1.165) is 11.3 Å². The average Bonchev–Trinajstić information content (AvgIpc) is 3.27. The Bertz CT molecular complexity index is 922. The third kappa shape index (κ3) is 1.38. The SMILES string of the molecule is O=C1NCc2c1c1c(c3c2C2C=CC=CC2N3)NC2C=CC=CC12. The van der Waals surface area contributed by atoms with E-state index in [9.17, 15) is 4.79 Å². The highest BCUT2D eigenvalue weighted by atomic mass is 16.1. The summed E-state index contributed by atoms with van der Waals surface area (Å²) in [5.41, 5.74) is 6.90. The van der Waals surface area contributed by atoms with Gasteiger partial charge in [0.2, 0.25) is 0 Å². The summed E-state index contributed by atoms with van der Waals surface area (Å²) in [7, 11) is 0. The number of amides is 1. The lowest BCUT2D eigenvalue weighted by Crippen LogP contribution is -2.19.